The van der Waals surface area contributed by atoms with Crippen LogP contribution in [-0.2, 0) is 6.42 Å². The van der Waals surface area contributed by atoms with Crippen LogP contribution in [0.15, 0.2) is 36.4 Å². The van der Waals surface area contributed by atoms with E-state index in [1.165, 1.54) is 37.3 Å². The predicted octanol–water partition coefficient (Wildman–Crippen LogP) is 8.00. The van der Waals surface area contributed by atoms with Crippen molar-refractivity contribution in [2.75, 3.05) is 0 Å². The maximum atomic E-state index is 12.4. The summed E-state index contributed by atoms with van der Waals surface area (Å²) >= 11 is 2.35. The minimum Gasteiger partial charge on any atom is -0.361 e. The number of rotatable bonds is 8. The SMILES string of the molecule is CCc1c(C)[nH]c(C(CC)c2ccc(C(c3ccc(I)cc3)c3[nH]c(C)c(C(C)=O)c3C)[nH]2)c1C. The molecule has 184 valence electrons. The molecule has 0 saturated carbocycles. The molecule has 4 aromatic rings. The largest absolute Gasteiger partial charge is 0.361 e. The van der Waals surface area contributed by atoms with Crippen molar-refractivity contribution in [2.24, 2.45) is 0 Å². The Morgan fingerprint density at radius 2 is 1.46 bits per heavy atom. The van der Waals surface area contributed by atoms with Crippen LogP contribution in [0.2, 0.25) is 0 Å². The van der Waals surface area contributed by atoms with Gasteiger partial charge in [-0.05, 0) is 117 Å². The second-order valence-electron chi connectivity index (χ2n) is 9.66. The molecule has 4 nitrogen and oxygen atoms in total. The van der Waals surface area contributed by atoms with E-state index < -0.39 is 0 Å². The second kappa shape index (κ2) is 10.2. The molecule has 5 heteroatoms. The molecule has 2 atom stereocenters. The van der Waals surface area contributed by atoms with Crippen molar-refractivity contribution in [1.29, 1.82) is 0 Å². The van der Waals surface area contributed by atoms with Crippen molar-refractivity contribution in [1.82, 2.24) is 15.0 Å². The number of hydrogen-bond donors (Lipinski definition) is 3. The van der Waals surface area contributed by atoms with Gasteiger partial charge in [0.2, 0.25) is 0 Å². The maximum Gasteiger partial charge on any atom is 0.161 e. The zero-order chi connectivity index (χ0) is 25.4. The third kappa shape index (κ3) is 4.67. The average molecular weight is 582 g/mol. The first-order valence-electron chi connectivity index (χ1n) is 12.5. The normalized spacial score (nSPS) is 13.3. The van der Waals surface area contributed by atoms with Crippen molar-refractivity contribution < 1.29 is 4.79 Å². The van der Waals surface area contributed by atoms with Gasteiger partial charge in [-0.15, -0.1) is 0 Å². The predicted molar refractivity (Wildman–Crippen MR) is 153 cm³/mol. The van der Waals surface area contributed by atoms with Gasteiger partial charge in [0.05, 0.1) is 5.92 Å². The number of hydrogen-bond acceptors (Lipinski definition) is 1. The number of Topliss-reactive ketones (excluding diaryl/α,β-unsaturated/α-hetero) is 1. The van der Waals surface area contributed by atoms with E-state index >= 15 is 0 Å². The van der Waals surface area contributed by atoms with Gasteiger partial charge in [0.1, 0.15) is 0 Å². The highest BCUT2D eigenvalue weighted by atomic mass is 127. The van der Waals surface area contributed by atoms with Crippen molar-refractivity contribution in [3.8, 4) is 0 Å². The average Bonchev–Trinajstić information content (AvgIpc) is 3.47. The Hall–Kier alpha value is -2.54. The van der Waals surface area contributed by atoms with Crippen molar-refractivity contribution in [2.45, 2.75) is 73.1 Å². The molecule has 0 saturated heterocycles. The number of benzene rings is 1. The Morgan fingerprint density at radius 1 is 0.829 bits per heavy atom. The Morgan fingerprint density at radius 3 is 2.00 bits per heavy atom. The number of aryl methyl sites for hydroxylation is 2. The Kier molecular flexibility index (Phi) is 7.46. The summed E-state index contributed by atoms with van der Waals surface area (Å²) in [7, 11) is 0. The summed E-state index contributed by atoms with van der Waals surface area (Å²) in [4.78, 5) is 23.4. The zero-order valence-electron chi connectivity index (χ0n) is 21.8. The molecule has 1 aromatic carbocycles. The minimum atomic E-state index is -0.0114. The third-order valence-electron chi connectivity index (χ3n) is 7.48. The lowest BCUT2D eigenvalue weighted by Crippen LogP contribution is -2.08. The summed E-state index contributed by atoms with van der Waals surface area (Å²) in [6.45, 7) is 14.6. The van der Waals surface area contributed by atoms with Crippen LogP contribution in [0.5, 0.6) is 0 Å². The van der Waals surface area contributed by atoms with Gasteiger partial charge in [0, 0.05) is 49.2 Å². The summed E-state index contributed by atoms with van der Waals surface area (Å²) in [5.41, 5.74) is 12.8. The standard InChI is InChI=1S/C30H36IN3O/c1-8-23-16(3)29(32-18(23)5)24(9-2)25-14-15-26(34-25)28(21-10-12-22(31)13-11-21)30-17(4)27(20(7)35)19(6)33-30/h10-15,24,28,32-34H,8-9H2,1-7H3. The topological polar surface area (TPSA) is 64.4 Å². The molecule has 3 aromatic heterocycles. The molecule has 0 aliphatic heterocycles. The van der Waals surface area contributed by atoms with E-state index in [9.17, 15) is 4.79 Å². The molecule has 3 heterocycles. The summed E-state index contributed by atoms with van der Waals surface area (Å²) in [6.07, 6.45) is 2.05. The number of carbonyl (C=O) groups excluding carboxylic acids is 1. The molecular weight excluding hydrogens is 545 g/mol. The number of aromatic nitrogens is 3. The van der Waals surface area contributed by atoms with Gasteiger partial charge < -0.3 is 15.0 Å². The minimum absolute atomic E-state index is 0.0114. The van der Waals surface area contributed by atoms with Crippen molar-refractivity contribution in [3.05, 3.63) is 102 Å². The van der Waals surface area contributed by atoms with Gasteiger partial charge in [-0.2, -0.15) is 0 Å². The van der Waals surface area contributed by atoms with Crippen LogP contribution < -0.4 is 0 Å². The van der Waals surface area contributed by atoms with E-state index in [4.69, 9.17) is 0 Å². The molecule has 4 rings (SSSR count). The highest BCUT2D eigenvalue weighted by Gasteiger charge is 2.27. The number of carbonyl (C=O) groups is 1. The van der Waals surface area contributed by atoms with Gasteiger partial charge in [-0.25, -0.2) is 0 Å². The van der Waals surface area contributed by atoms with E-state index in [1.54, 1.807) is 6.92 Å². The quantitative estimate of drug-likeness (QED) is 0.143. The monoisotopic (exact) mass is 581 g/mol. The number of nitrogens with one attached hydrogen (secondary N) is 3. The fourth-order valence-corrected chi connectivity index (χ4v) is 6.18. The fourth-order valence-electron chi connectivity index (χ4n) is 5.82. The number of halogens is 1. The van der Waals surface area contributed by atoms with Gasteiger partial charge >= 0.3 is 0 Å². The lowest BCUT2D eigenvalue weighted by atomic mass is 9.89. The molecular formula is C30H36IN3O. The highest BCUT2D eigenvalue weighted by molar-refractivity contribution is 14.1. The first-order valence-corrected chi connectivity index (χ1v) is 13.6. The second-order valence-corrected chi connectivity index (χ2v) is 10.9. The van der Waals surface area contributed by atoms with Gasteiger partial charge in [0.15, 0.2) is 5.78 Å². The van der Waals surface area contributed by atoms with Gasteiger partial charge in [0.25, 0.3) is 0 Å². The van der Waals surface area contributed by atoms with E-state index in [2.05, 4.69) is 109 Å². The molecule has 0 aliphatic rings. The van der Waals surface area contributed by atoms with Crippen LogP contribution in [0.25, 0.3) is 0 Å². The smallest absolute Gasteiger partial charge is 0.161 e. The van der Waals surface area contributed by atoms with Crippen LogP contribution >= 0.6 is 22.6 Å². The lowest BCUT2D eigenvalue weighted by Gasteiger charge is -2.19. The van der Waals surface area contributed by atoms with Crippen molar-refractivity contribution >= 4 is 28.4 Å². The van der Waals surface area contributed by atoms with Crippen molar-refractivity contribution in [3.63, 3.8) is 0 Å². The molecule has 0 aliphatic carbocycles. The van der Waals surface area contributed by atoms with E-state index in [1.807, 2.05) is 6.92 Å². The molecule has 0 amide bonds. The van der Waals surface area contributed by atoms with E-state index in [0.717, 1.165) is 41.1 Å². The molecule has 2 unspecified atom stereocenters. The molecule has 0 radical (unpaired) electrons. The summed E-state index contributed by atoms with van der Waals surface area (Å²) in [6, 6.07) is 13.1. The van der Waals surface area contributed by atoms with Crippen LogP contribution in [0.1, 0.15) is 106 Å². The van der Waals surface area contributed by atoms with Crippen LogP contribution in [0.3, 0.4) is 0 Å². The third-order valence-corrected chi connectivity index (χ3v) is 8.20. The summed E-state index contributed by atoms with van der Waals surface area (Å²) in [5.74, 6) is 0.369. The summed E-state index contributed by atoms with van der Waals surface area (Å²) in [5, 5.41) is 0. The zero-order valence-corrected chi connectivity index (χ0v) is 24.0. The summed E-state index contributed by atoms with van der Waals surface area (Å²) < 4.78 is 1.21. The molecule has 3 N–H and O–H groups in total. The Balaban J connectivity index is 1.84. The molecule has 35 heavy (non-hydrogen) atoms. The fraction of sp³-hybridized carbons (Fsp3) is 0.367. The first kappa shape index (κ1) is 25.5. The van der Waals surface area contributed by atoms with E-state index in [0.29, 0.717) is 0 Å². The molecule has 0 spiro atoms. The molecule has 0 fully saturated rings. The van der Waals surface area contributed by atoms with Gasteiger partial charge in [-0.3, -0.25) is 4.79 Å². The lowest BCUT2D eigenvalue weighted by molar-refractivity contribution is 0.101. The Bertz CT molecular complexity index is 1350. The highest BCUT2D eigenvalue weighted by Crippen LogP contribution is 2.38. The van der Waals surface area contributed by atoms with Crippen LogP contribution in [0.4, 0.5) is 0 Å². The van der Waals surface area contributed by atoms with Gasteiger partial charge in [-0.1, -0.05) is 26.0 Å². The number of H-pyrrole nitrogens is 3. The number of aromatic amines is 3. The number of ketones is 1. The Labute approximate surface area is 222 Å². The van der Waals surface area contributed by atoms with Crippen LogP contribution in [-0.4, -0.2) is 20.7 Å². The first-order chi connectivity index (χ1) is 16.7. The van der Waals surface area contributed by atoms with E-state index in [-0.39, 0.29) is 17.6 Å². The van der Waals surface area contributed by atoms with Crippen LogP contribution in [0, 0.1) is 31.3 Å². The maximum absolute atomic E-state index is 12.4. The molecule has 0 bridgehead atoms.